The summed E-state index contributed by atoms with van der Waals surface area (Å²) in [5.41, 5.74) is 6.06. The van der Waals surface area contributed by atoms with Gasteiger partial charge in [-0.15, -0.1) is 10.2 Å². The Kier molecular flexibility index (Phi) is 4.90. The van der Waals surface area contributed by atoms with Crippen LogP contribution in [0, 0.1) is 0 Å². The molecular formula is C15H16N6O2S. The summed E-state index contributed by atoms with van der Waals surface area (Å²) in [6.07, 6.45) is 0.721. The summed E-state index contributed by atoms with van der Waals surface area (Å²) in [6, 6.07) is 9.63. The Balaban J connectivity index is 1.62. The number of rotatable bonds is 7. The molecule has 0 spiro atoms. The van der Waals surface area contributed by atoms with E-state index >= 15 is 0 Å². The molecule has 0 aliphatic carbocycles. The third kappa shape index (κ3) is 3.80. The average Bonchev–Trinajstić information content (AvgIpc) is 3.19. The third-order valence-corrected chi connectivity index (χ3v) is 4.35. The molecule has 9 heteroatoms. The zero-order valence-electron chi connectivity index (χ0n) is 13.0. The first-order chi connectivity index (χ1) is 11.6. The Hall–Kier alpha value is -2.68. The van der Waals surface area contributed by atoms with Gasteiger partial charge in [0.15, 0.2) is 5.16 Å². The number of aryl methyl sites for hydroxylation is 1. The van der Waals surface area contributed by atoms with Gasteiger partial charge in [-0.1, -0.05) is 47.3 Å². The van der Waals surface area contributed by atoms with Gasteiger partial charge >= 0.3 is 0 Å². The predicted molar refractivity (Wildman–Crippen MR) is 87.8 cm³/mol. The van der Waals surface area contributed by atoms with E-state index in [-0.39, 0.29) is 12.3 Å². The molecule has 1 aromatic carbocycles. The highest BCUT2D eigenvalue weighted by Gasteiger charge is 2.13. The van der Waals surface area contributed by atoms with E-state index in [2.05, 4.69) is 20.3 Å². The van der Waals surface area contributed by atoms with Gasteiger partial charge in [0, 0.05) is 25.5 Å². The Morgan fingerprint density at radius 1 is 1.29 bits per heavy atom. The number of hydrogen-bond acceptors (Lipinski definition) is 7. The lowest BCUT2D eigenvalue weighted by Crippen LogP contribution is -2.12. The van der Waals surface area contributed by atoms with Crippen molar-refractivity contribution in [1.82, 2.24) is 24.9 Å². The molecule has 2 heterocycles. The van der Waals surface area contributed by atoms with Crippen molar-refractivity contribution in [3.8, 4) is 11.4 Å². The van der Waals surface area contributed by atoms with E-state index in [0.29, 0.717) is 34.9 Å². The maximum absolute atomic E-state index is 10.9. The third-order valence-electron chi connectivity index (χ3n) is 3.34. The Labute approximate surface area is 142 Å². The van der Waals surface area contributed by atoms with Crippen LogP contribution in [-0.2, 0) is 24.0 Å². The second-order valence-electron chi connectivity index (χ2n) is 5.09. The van der Waals surface area contributed by atoms with Crippen LogP contribution in [0.2, 0.25) is 0 Å². The molecule has 0 bridgehead atoms. The van der Waals surface area contributed by atoms with Gasteiger partial charge in [0.25, 0.3) is 0 Å². The molecule has 0 aliphatic heterocycles. The Morgan fingerprint density at radius 2 is 2.08 bits per heavy atom. The molecule has 124 valence electrons. The molecule has 2 N–H and O–H groups in total. The highest BCUT2D eigenvalue weighted by atomic mass is 32.2. The summed E-state index contributed by atoms with van der Waals surface area (Å²) in [5.74, 6) is 1.92. The first kappa shape index (κ1) is 16.2. The fourth-order valence-electron chi connectivity index (χ4n) is 2.07. The van der Waals surface area contributed by atoms with Crippen LogP contribution in [0.25, 0.3) is 11.4 Å². The van der Waals surface area contributed by atoms with Gasteiger partial charge in [0.1, 0.15) is 5.82 Å². The summed E-state index contributed by atoms with van der Waals surface area (Å²) < 4.78 is 7.10. The number of aromatic nitrogens is 5. The zero-order valence-corrected chi connectivity index (χ0v) is 13.9. The zero-order chi connectivity index (χ0) is 16.9. The van der Waals surface area contributed by atoms with Crippen LogP contribution in [0.1, 0.15) is 18.1 Å². The SMILES string of the molecule is Cn1c(CCC(N)=O)nnc1SCc1nc(-c2ccccc2)no1. The van der Waals surface area contributed by atoms with Crippen LogP contribution < -0.4 is 5.73 Å². The lowest BCUT2D eigenvalue weighted by molar-refractivity contribution is -0.118. The molecule has 24 heavy (non-hydrogen) atoms. The number of hydrogen-bond donors (Lipinski definition) is 1. The van der Waals surface area contributed by atoms with E-state index < -0.39 is 0 Å². The van der Waals surface area contributed by atoms with Crippen molar-refractivity contribution in [1.29, 1.82) is 0 Å². The fourth-order valence-corrected chi connectivity index (χ4v) is 2.84. The number of carbonyl (C=O) groups excluding carboxylic acids is 1. The van der Waals surface area contributed by atoms with Crippen molar-refractivity contribution in [3.05, 3.63) is 42.0 Å². The largest absolute Gasteiger partial charge is 0.370 e. The van der Waals surface area contributed by atoms with E-state index in [9.17, 15) is 4.79 Å². The van der Waals surface area contributed by atoms with E-state index in [1.165, 1.54) is 11.8 Å². The molecule has 1 amide bonds. The summed E-state index contributed by atoms with van der Waals surface area (Å²) in [7, 11) is 1.85. The fraction of sp³-hybridized carbons (Fsp3) is 0.267. The highest BCUT2D eigenvalue weighted by Crippen LogP contribution is 2.22. The van der Waals surface area contributed by atoms with Crippen LogP contribution in [0.15, 0.2) is 40.0 Å². The first-order valence-electron chi connectivity index (χ1n) is 7.31. The van der Waals surface area contributed by atoms with Gasteiger partial charge in [-0.2, -0.15) is 4.98 Å². The smallest absolute Gasteiger partial charge is 0.237 e. The number of carbonyl (C=O) groups is 1. The molecule has 0 unspecified atom stereocenters. The molecule has 3 rings (SSSR count). The normalized spacial score (nSPS) is 10.9. The van der Waals surface area contributed by atoms with Crippen molar-refractivity contribution in [2.24, 2.45) is 12.8 Å². The van der Waals surface area contributed by atoms with E-state index in [1.807, 2.05) is 41.9 Å². The Morgan fingerprint density at radius 3 is 2.83 bits per heavy atom. The molecule has 0 atom stereocenters. The predicted octanol–water partition coefficient (Wildman–Crippen LogP) is 1.58. The van der Waals surface area contributed by atoms with E-state index in [0.717, 1.165) is 5.56 Å². The minimum absolute atomic E-state index is 0.251. The number of primary amides is 1. The van der Waals surface area contributed by atoms with Crippen molar-refractivity contribution in [2.45, 2.75) is 23.8 Å². The number of amides is 1. The minimum atomic E-state index is -0.355. The van der Waals surface area contributed by atoms with Gasteiger partial charge in [-0.3, -0.25) is 4.79 Å². The molecule has 0 saturated carbocycles. The van der Waals surface area contributed by atoms with Gasteiger partial charge in [0.05, 0.1) is 5.75 Å². The van der Waals surface area contributed by atoms with Gasteiger partial charge < -0.3 is 14.8 Å². The van der Waals surface area contributed by atoms with Crippen LogP contribution in [-0.4, -0.2) is 30.8 Å². The maximum Gasteiger partial charge on any atom is 0.237 e. The van der Waals surface area contributed by atoms with Crippen molar-refractivity contribution in [2.75, 3.05) is 0 Å². The summed E-state index contributed by atoms with van der Waals surface area (Å²) >= 11 is 1.44. The van der Waals surface area contributed by atoms with E-state index in [1.54, 1.807) is 0 Å². The van der Waals surface area contributed by atoms with Crippen LogP contribution >= 0.6 is 11.8 Å². The average molecular weight is 344 g/mol. The molecule has 3 aromatic rings. The van der Waals surface area contributed by atoms with Crippen molar-refractivity contribution in [3.63, 3.8) is 0 Å². The maximum atomic E-state index is 10.9. The quantitative estimate of drug-likeness (QED) is 0.647. The van der Waals surface area contributed by atoms with Crippen LogP contribution in [0.5, 0.6) is 0 Å². The number of thioether (sulfide) groups is 1. The summed E-state index contributed by atoms with van der Waals surface area (Å²) in [6.45, 7) is 0. The molecule has 0 saturated heterocycles. The van der Waals surface area contributed by atoms with Crippen LogP contribution in [0.4, 0.5) is 0 Å². The number of nitrogens with zero attached hydrogens (tertiary/aromatic N) is 5. The summed E-state index contributed by atoms with van der Waals surface area (Å²) in [5, 5.41) is 12.9. The van der Waals surface area contributed by atoms with Crippen molar-refractivity contribution >= 4 is 17.7 Å². The Bertz CT molecular complexity index is 830. The second-order valence-corrected chi connectivity index (χ2v) is 6.03. The molecule has 0 radical (unpaired) electrons. The topological polar surface area (TPSA) is 113 Å². The van der Waals surface area contributed by atoms with E-state index in [4.69, 9.17) is 10.3 Å². The van der Waals surface area contributed by atoms with Crippen molar-refractivity contribution < 1.29 is 9.32 Å². The standard InChI is InChI=1S/C15H16N6O2S/c1-21-12(8-7-11(16)22)18-19-15(21)24-9-13-17-14(20-23-13)10-5-3-2-4-6-10/h2-6H,7-9H2,1H3,(H2,16,22). The number of benzene rings is 1. The molecular weight excluding hydrogens is 328 g/mol. The molecule has 8 nitrogen and oxygen atoms in total. The first-order valence-corrected chi connectivity index (χ1v) is 8.29. The second kappa shape index (κ2) is 7.26. The lowest BCUT2D eigenvalue weighted by atomic mass is 10.2. The molecule has 0 aliphatic rings. The van der Waals surface area contributed by atoms with Gasteiger partial charge in [-0.05, 0) is 0 Å². The minimum Gasteiger partial charge on any atom is -0.370 e. The molecule has 2 aromatic heterocycles. The van der Waals surface area contributed by atoms with Gasteiger partial charge in [0.2, 0.25) is 17.6 Å². The van der Waals surface area contributed by atoms with Gasteiger partial charge in [-0.25, -0.2) is 0 Å². The highest BCUT2D eigenvalue weighted by molar-refractivity contribution is 7.98. The number of nitrogens with two attached hydrogens (primary N) is 1. The molecule has 0 fully saturated rings. The monoisotopic (exact) mass is 344 g/mol. The lowest BCUT2D eigenvalue weighted by Gasteiger charge is -2.01. The summed E-state index contributed by atoms with van der Waals surface area (Å²) in [4.78, 5) is 15.2. The van der Waals surface area contributed by atoms with Crippen LogP contribution in [0.3, 0.4) is 0 Å².